The van der Waals surface area contributed by atoms with E-state index in [1.807, 2.05) is 25.1 Å². The van der Waals surface area contributed by atoms with Gasteiger partial charge in [-0.1, -0.05) is 24.2 Å². The molecule has 0 aliphatic rings. The predicted octanol–water partition coefficient (Wildman–Crippen LogP) is 1.84. The number of hydrogen-bond acceptors (Lipinski definition) is 6. The normalized spacial score (nSPS) is 10.6. The highest BCUT2D eigenvalue weighted by atomic mass is 16.5. The number of rotatable bonds is 5. The van der Waals surface area contributed by atoms with Crippen LogP contribution in [0.2, 0.25) is 0 Å². The zero-order valence-corrected chi connectivity index (χ0v) is 13.4. The number of nitrogens with zero attached hydrogens (tertiary/aromatic N) is 5. The first-order valence-corrected chi connectivity index (χ1v) is 7.51. The number of nitrogens with one attached hydrogen (secondary N) is 2. The van der Waals surface area contributed by atoms with E-state index in [1.165, 1.54) is 0 Å². The van der Waals surface area contributed by atoms with Crippen molar-refractivity contribution >= 4 is 11.7 Å². The summed E-state index contributed by atoms with van der Waals surface area (Å²) in [4.78, 5) is 12.1. The average Bonchev–Trinajstić information content (AvgIpc) is 3.22. The molecule has 9 heteroatoms. The maximum absolute atomic E-state index is 12.1. The molecule has 0 radical (unpaired) electrons. The highest BCUT2D eigenvalue weighted by Crippen LogP contribution is 2.20. The maximum Gasteiger partial charge on any atom is 0.319 e. The Hall–Kier alpha value is -3.23. The van der Waals surface area contributed by atoms with E-state index in [4.69, 9.17) is 4.52 Å². The van der Waals surface area contributed by atoms with Gasteiger partial charge in [0.05, 0.1) is 17.9 Å². The Morgan fingerprint density at radius 2 is 2.17 bits per heavy atom. The van der Waals surface area contributed by atoms with E-state index in [9.17, 15) is 4.79 Å². The van der Waals surface area contributed by atoms with E-state index in [0.717, 1.165) is 0 Å². The smallest absolute Gasteiger partial charge is 0.319 e. The van der Waals surface area contributed by atoms with Crippen LogP contribution in [0.25, 0.3) is 5.69 Å². The lowest BCUT2D eigenvalue weighted by Crippen LogP contribution is -2.28. The average molecular weight is 327 g/mol. The molecule has 0 atom stereocenters. The van der Waals surface area contributed by atoms with Crippen molar-refractivity contribution in [2.24, 2.45) is 0 Å². The topological polar surface area (TPSA) is 111 Å². The molecule has 124 valence electrons. The molecular formula is C15H17N7O2. The van der Waals surface area contributed by atoms with Crippen molar-refractivity contribution in [1.29, 1.82) is 0 Å². The molecule has 0 saturated carbocycles. The molecule has 0 bridgehead atoms. The van der Waals surface area contributed by atoms with Gasteiger partial charge in [-0.05, 0) is 29.5 Å². The molecule has 0 unspecified atom stereocenters. The molecular weight excluding hydrogens is 310 g/mol. The molecule has 0 saturated heterocycles. The van der Waals surface area contributed by atoms with E-state index in [-0.39, 0.29) is 12.6 Å². The number of carbonyl (C=O) groups excluding carboxylic acids is 1. The minimum Gasteiger partial charge on any atom is -0.361 e. The van der Waals surface area contributed by atoms with E-state index < -0.39 is 0 Å². The molecule has 0 spiro atoms. The van der Waals surface area contributed by atoms with Crippen LogP contribution in [0.5, 0.6) is 0 Å². The van der Waals surface area contributed by atoms with Gasteiger partial charge in [-0.25, -0.2) is 4.79 Å². The van der Waals surface area contributed by atoms with E-state index in [2.05, 4.69) is 31.3 Å². The Kier molecular flexibility index (Phi) is 4.50. The molecule has 24 heavy (non-hydrogen) atoms. The highest BCUT2D eigenvalue weighted by molar-refractivity contribution is 5.91. The number of benzene rings is 1. The molecule has 9 nitrogen and oxygen atoms in total. The number of aryl methyl sites for hydroxylation is 2. The van der Waals surface area contributed by atoms with Gasteiger partial charge >= 0.3 is 6.03 Å². The lowest BCUT2D eigenvalue weighted by Gasteiger charge is -2.11. The third kappa shape index (κ3) is 3.40. The minimum atomic E-state index is -0.353. The lowest BCUT2D eigenvalue weighted by atomic mass is 10.2. The number of anilines is 1. The van der Waals surface area contributed by atoms with Gasteiger partial charge in [0.15, 0.2) is 5.82 Å². The van der Waals surface area contributed by atoms with Crippen LogP contribution in [0.15, 0.2) is 34.9 Å². The van der Waals surface area contributed by atoms with Crippen LogP contribution in [0, 0.1) is 6.92 Å². The fourth-order valence-corrected chi connectivity index (χ4v) is 2.22. The molecule has 0 aliphatic heterocycles. The minimum absolute atomic E-state index is 0.274. The van der Waals surface area contributed by atoms with Crippen molar-refractivity contribution in [3.05, 3.63) is 47.6 Å². The zero-order valence-electron chi connectivity index (χ0n) is 13.4. The fourth-order valence-electron chi connectivity index (χ4n) is 2.22. The summed E-state index contributed by atoms with van der Waals surface area (Å²) < 4.78 is 6.57. The van der Waals surface area contributed by atoms with E-state index >= 15 is 0 Å². The van der Waals surface area contributed by atoms with Gasteiger partial charge in [-0.15, -0.1) is 5.10 Å². The monoisotopic (exact) mass is 327 g/mol. The SMILES string of the molecule is CCc1nnnn1-c1ccccc1NC(=O)NCc1cc(C)on1. The summed E-state index contributed by atoms with van der Waals surface area (Å²) in [6.07, 6.45) is 0.680. The number of para-hydroxylation sites is 2. The van der Waals surface area contributed by atoms with Gasteiger partial charge in [-0.3, -0.25) is 0 Å². The second-order valence-corrected chi connectivity index (χ2v) is 5.11. The van der Waals surface area contributed by atoms with Crippen molar-refractivity contribution in [3.8, 4) is 5.69 Å². The molecule has 2 heterocycles. The number of amides is 2. The van der Waals surface area contributed by atoms with E-state index in [0.29, 0.717) is 35.1 Å². The number of hydrogen-bond donors (Lipinski definition) is 2. The molecule has 3 aromatic rings. The van der Waals surface area contributed by atoms with Crippen LogP contribution in [-0.4, -0.2) is 31.4 Å². The second-order valence-electron chi connectivity index (χ2n) is 5.11. The Labute approximate surface area is 138 Å². The van der Waals surface area contributed by atoms with E-state index in [1.54, 1.807) is 23.7 Å². The third-order valence-corrected chi connectivity index (χ3v) is 3.34. The van der Waals surface area contributed by atoms with Crippen molar-refractivity contribution in [2.45, 2.75) is 26.8 Å². The molecule has 0 fully saturated rings. The first kappa shape index (κ1) is 15.7. The quantitative estimate of drug-likeness (QED) is 0.740. The van der Waals surface area contributed by atoms with Gasteiger partial charge < -0.3 is 15.2 Å². The van der Waals surface area contributed by atoms with Gasteiger partial charge in [0, 0.05) is 12.5 Å². The second kappa shape index (κ2) is 6.90. The van der Waals surface area contributed by atoms with Gasteiger partial charge in [-0.2, -0.15) is 4.68 Å². The number of tetrazole rings is 1. The zero-order chi connectivity index (χ0) is 16.9. The first-order chi connectivity index (χ1) is 11.7. The lowest BCUT2D eigenvalue weighted by molar-refractivity contribution is 0.251. The fraction of sp³-hybridized carbons (Fsp3) is 0.267. The number of carbonyl (C=O) groups is 1. The summed E-state index contributed by atoms with van der Waals surface area (Å²) in [5.41, 5.74) is 1.96. The van der Waals surface area contributed by atoms with Crippen LogP contribution in [0.3, 0.4) is 0 Å². The van der Waals surface area contributed by atoms with Crippen LogP contribution >= 0.6 is 0 Å². The highest BCUT2D eigenvalue weighted by Gasteiger charge is 2.12. The summed E-state index contributed by atoms with van der Waals surface area (Å²) >= 11 is 0. The summed E-state index contributed by atoms with van der Waals surface area (Å²) in [7, 11) is 0. The number of urea groups is 1. The standard InChI is InChI=1S/C15H17N7O2/c1-3-14-18-20-21-22(14)13-7-5-4-6-12(13)17-15(23)16-9-11-8-10(2)24-19-11/h4-8H,3,9H2,1-2H3,(H2,16,17,23). The summed E-state index contributed by atoms with van der Waals surface area (Å²) in [5, 5.41) is 21.0. The van der Waals surface area contributed by atoms with Gasteiger partial charge in [0.25, 0.3) is 0 Å². The summed E-state index contributed by atoms with van der Waals surface area (Å²) in [6, 6.07) is 8.73. The first-order valence-electron chi connectivity index (χ1n) is 7.51. The van der Waals surface area contributed by atoms with Crippen LogP contribution in [0.4, 0.5) is 10.5 Å². The van der Waals surface area contributed by atoms with Crippen molar-refractivity contribution in [3.63, 3.8) is 0 Å². The largest absolute Gasteiger partial charge is 0.361 e. The van der Waals surface area contributed by atoms with Crippen molar-refractivity contribution in [1.82, 2.24) is 30.7 Å². The number of aromatic nitrogens is 5. The molecule has 2 amide bonds. The Bertz CT molecular complexity index is 840. The molecule has 3 rings (SSSR count). The molecule has 2 N–H and O–H groups in total. The van der Waals surface area contributed by atoms with Crippen molar-refractivity contribution < 1.29 is 9.32 Å². The van der Waals surface area contributed by atoms with Crippen molar-refractivity contribution in [2.75, 3.05) is 5.32 Å². The van der Waals surface area contributed by atoms with Crippen LogP contribution in [0.1, 0.15) is 24.2 Å². The maximum atomic E-state index is 12.1. The Morgan fingerprint density at radius 1 is 1.33 bits per heavy atom. The third-order valence-electron chi connectivity index (χ3n) is 3.34. The molecule has 1 aromatic carbocycles. The molecule has 2 aromatic heterocycles. The predicted molar refractivity (Wildman–Crippen MR) is 85.6 cm³/mol. The van der Waals surface area contributed by atoms with Gasteiger partial charge in [0.2, 0.25) is 0 Å². The Morgan fingerprint density at radius 3 is 2.92 bits per heavy atom. The Balaban J connectivity index is 1.72. The summed E-state index contributed by atoms with van der Waals surface area (Å²) in [5.74, 6) is 1.41. The summed E-state index contributed by atoms with van der Waals surface area (Å²) in [6.45, 7) is 4.03. The molecule has 0 aliphatic carbocycles. The van der Waals surface area contributed by atoms with Crippen LogP contribution < -0.4 is 10.6 Å². The van der Waals surface area contributed by atoms with Crippen LogP contribution in [-0.2, 0) is 13.0 Å². The van der Waals surface area contributed by atoms with Gasteiger partial charge in [0.1, 0.15) is 11.5 Å².